The van der Waals surface area contributed by atoms with Crippen LogP contribution in [-0.4, -0.2) is 55.2 Å². The second kappa shape index (κ2) is 13.5. The fraction of sp³-hybridized carbons (Fsp3) is 0.500. The summed E-state index contributed by atoms with van der Waals surface area (Å²) in [6, 6.07) is 3.82. The highest BCUT2D eigenvalue weighted by Gasteiger charge is 2.34. The minimum absolute atomic E-state index is 0.00791. The molecule has 2 unspecified atom stereocenters. The van der Waals surface area contributed by atoms with Gasteiger partial charge in [0, 0.05) is 6.54 Å². The van der Waals surface area contributed by atoms with Crippen molar-refractivity contribution in [3.63, 3.8) is 0 Å². The predicted molar refractivity (Wildman–Crippen MR) is 113 cm³/mol. The van der Waals surface area contributed by atoms with E-state index in [4.69, 9.17) is 29.0 Å². The largest absolute Gasteiger partial charge is 0.538 e. The van der Waals surface area contributed by atoms with Gasteiger partial charge in [-0.1, -0.05) is 12.5 Å². The van der Waals surface area contributed by atoms with Crippen LogP contribution in [-0.2, 0) is 36.3 Å². The average molecular weight is 495 g/mol. The van der Waals surface area contributed by atoms with E-state index in [0.29, 0.717) is 0 Å². The van der Waals surface area contributed by atoms with Crippen LogP contribution in [0.25, 0.3) is 0 Å². The van der Waals surface area contributed by atoms with Crippen LogP contribution in [0.5, 0.6) is 11.5 Å². The third-order valence-electron chi connectivity index (χ3n) is 3.47. The molecule has 0 spiro atoms. The van der Waals surface area contributed by atoms with Gasteiger partial charge in [-0.2, -0.15) is 0 Å². The number of amides is 1. The summed E-state index contributed by atoms with van der Waals surface area (Å²) in [4.78, 5) is 12.4. The minimum atomic E-state index is -4.16. The maximum absolute atomic E-state index is 12.7. The molecule has 1 aromatic carbocycles. The number of para-hydroxylation sites is 1. The van der Waals surface area contributed by atoms with E-state index in [-0.39, 0.29) is 31.9 Å². The molecule has 3 N–H and O–H groups in total. The molecule has 0 aliphatic rings. The molecule has 0 aliphatic heterocycles. The molecule has 180 valence electrons. The number of carbonyl (C=O) groups is 1. The maximum atomic E-state index is 12.7. The predicted octanol–water partition coefficient (Wildman–Crippen LogP) is 3.16. The molecule has 0 saturated heterocycles. The zero-order valence-electron chi connectivity index (χ0n) is 17.9. The quantitative estimate of drug-likeness (QED) is 0.186. The van der Waals surface area contributed by atoms with Crippen molar-refractivity contribution < 1.29 is 51.3 Å². The van der Waals surface area contributed by atoms with Gasteiger partial charge in [-0.3, -0.25) is 27.4 Å². The number of hydrogen-bond donors (Lipinski definition) is 3. The SMILES string of the molecule is C#COP(=O)(OCC)OCC(CNC(=O)c1cccc(O)c1O)OP(=O)(OCC)OCC. The Morgan fingerprint density at radius 1 is 1.06 bits per heavy atom. The first-order valence-corrected chi connectivity index (χ1v) is 12.5. The van der Waals surface area contributed by atoms with Gasteiger partial charge in [0.05, 0.1) is 32.0 Å². The number of rotatable bonds is 15. The van der Waals surface area contributed by atoms with Gasteiger partial charge in [0.2, 0.25) is 0 Å². The number of aromatic hydroxyl groups is 2. The Hall–Kier alpha value is -2.09. The summed E-state index contributed by atoms with van der Waals surface area (Å²) in [6.45, 7) is 3.68. The van der Waals surface area contributed by atoms with E-state index < -0.39 is 45.8 Å². The van der Waals surface area contributed by atoms with Crippen LogP contribution < -0.4 is 5.32 Å². The number of nitrogens with one attached hydrogen (secondary N) is 1. The van der Waals surface area contributed by atoms with Crippen molar-refractivity contribution in [3.8, 4) is 24.0 Å². The molecule has 32 heavy (non-hydrogen) atoms. The summed E-state index contributed by atoms with van der Waals surface area (Å²) >= 11 is 0. The van der Waals surface area contributed by atoms with E-state index >= 15 is 0 Å². The van der Waals surface area contributed by atoms with Crippen molar-refractivity contribution in [1.82, 2.24) is 5.32 Å². The van der Waals surface area contributed by atoms with Gasteiger partial charge >= 0.3 is 15.6 Å². The number of benzene rings is 1. The van der Waals surface area contributed by atoms with E-state index in [9.17, 15) is 24.1 Å². The van der Waals surface area contributed by atoms with E-state index in [1.165, 1.54) is 25.1 Å². The Morgan fingerprint density at radius 3 is 2.22 bits per heavy atom. The highest BCUT2D eigenvalue weighted by molar-refractivity contribution is 7.49. The van der Waals surface area contributed by atoms with Crippen LogP contribution in [0.3, 0.4) is 0 Å². The first kappa shape index (κ1) is 27.9. The smallest absolute Gasteiger partial charge is 0.504 e. The highest BCUT2D eigenvalue weighted by Crippen LogP contribution is 2.52. The molecular formula is C18H27NO11P2. The normalized spacial score (nSPS) is 14.2. The van der Waals surface area contributed by atoms with Gasteiger partial charge in [-0.05, 0) is 32.9 Å². The van der Waals surface area contributed by atoms with Crippen molar-refractivity contribution in [2.75, 3.05) is 33.0 Å². The minimum Gasteiger partial charge on any atom is -0.504 e. The van der Waals surface area contributed by atoms with Crippen LogP contribution in [0.15, 0.2) is 18.2 Å². The van der Waals surface area contributed by atoms with Gasteiger partial charge in [0.1, 0.15) is 12.2 Å². The van der Waals surface area contributed by atoms with Crippen molar-refractivity contribution in [2.45, 2.75) is 26.9 Å². The molecule has 0 radical (unpaired) electrons. The molecule has 0 saturated carbocycles. The van der Waals surface area contributed by atoms with Crippen LogP contribution in [0, 0.1) is 12.5 Å². The molecule has 0 aliphatic carbocycles. The number of phosphoric ester groups is 2. The van der Waals surface area contributed by atoms with Gasteiger partial charge in [-0.25, -0.2) is 9.13 Å². The van der Waals surface area contributed by atoms with E-state index in [1.54, 1.807) is 20.0 Å². The van der Waals surface area contributed by atoms with Gasteiger partial charge in [-0.15, -0.1) is 0 Å². The Morgan fingerprint density at radius 2 is 1.66 bits per heavy atom. The van der Waals surface area contributed by atoms with E-state index in [2.05, 4.69) is 9.84 Å². The number of phenolic OH excluding ortho intramolecular Hbond substituents is 2. The molecule has 2 atom stereocenters. The molecule has 12 nitrogen and oxygen atoms in total. The number of phenols is 2. The summed E-state index contributed by atoms with van der Waals surface area (Å²) in [5.74, 6) is -1.91. The lowest BCUT2D eigenvalue weighted by Gasteiger charge is -2.24. The molecule has 0 bridgehead atoms. The monoisotopic (exact) mass is 495 g/mol. The lowest BCUT2D eigenvalue weighted by Crippen LogP contribution is -2.36. The summed E-state index contributed by atoms with van der Waals surface area (Å²) in [5.41, 5.74) is -0.224. The van der Waals surface area contributed by atoms with E-state index in [1.807, 2.05) is 0 Å². The van der Waals surface area contributed by atoms with Crippen molar-refractivity contribution in [2.24, 2.45) is 0 Å². The van der Waals surface area contributed by atoms with Crippen molar-refractivity contribution in [1.29, 1.82) is 0 Å². The third kappa shape index (κ3) is 8.81. The van der Waals surface area contributed by atoms with E-state index in [0.717, 1.165) is 0 Å². The van der Waals surface area contributed by atoms with Gasteiger partial charge in [0.25, 0.3) is 5.91 Å². The highest BCUT2D eigenvalue weighted by atomic mass is 31.2. The molecule has 0 heterocycles. The summed E-state index contributed by atoms with van der Waals surface area (Å²) in [5, 5.41) is 21.8. The zero-order valence-corrected chi connectivity index (χ0v) is 19.7. The zero-order chi connectivity index (χ0) is 24.2. The lowest BCUT2D eigenvalue weighted by molar-refractivity contribution is 0.0436. The van der Waals surface area contributed by atoms with Gasteiger partial charge < -0.3 is 20.1 Å². The first-order valence-electron chi connectivity index (χ1n) is 9.53. The van der Waals surface area contributed by atoms with Gasteiger partial charge in [0.15, 0.2) is 11.5 Å². The lowest BCUT2D eigenvalue weighted by atomic mass is 10.1. The molecule has 14 heteroatoms. The van der Waals surface area contributed by atoms with Crippen LogP contribution in [0.4, 0.5) is 0 Å². The average Bonchev–Trinajstić information content (AvgIpc) is 2.72. The third-order valence-corrected chi connectivity index (χ3v) is 6.55. The molecule has 0 aromatic heterocycles. The Labute approximate surface area is 186 Å². The Kier molecular flexibility index (Phi) is 11.8. The fourth-order valence-electron chi connectivity index (χ4n) is 2.23. The van der Waals surface area contributed by atoms with Crippen LogP contribution >= 0.6 is 15.6 Å². The molecule has 1 aromatic rings. The number of hydrogen-bond acceptors (Lipinski definition) is 11. The molecular weight excluding hydrogens is 468 g/mol. The Balaban J connectivity index is 3.01. The number of phosphoric acid groups is 2. The summed E-state index contributed by atoms with van der Waals surface area (Å²) in [7, 11) is -8.23. The van der Waals surface area contributed by atoms with Crippen LogP contribution in [0.1, 0.15) is 31.1 Å². The molecule has 0 fully saturated rings. The Bertz CT molecular complexity index is 876. The standard InChI is InChI=1S/C18H27NO11P2/c1-5-25-31(23,26-6-2)29-13-14(30-32(24,27-7-3)28-8-4)12-19-18(22)15-10-9-11-16(20)17(15)21/h1,9-11,14,20-21H,6-8,12-13H2,2-4H3,(H,19,22). The van der Waals surface area contributed by atoms with Crippen molar-refractivity contribution >= 4 is 21.6 Å². The van der Waals surface area contributed by atoms with Crippen LogP contribution in [0.2, 0.25) is 0 Å². The first-order chi connectivity index (χ1) is 15.1. The second-order valence-corrected chi connectivity index (χ2v) is 8.98. The van der Waals surface area contributed by atoms with Crippen molar-refractivity contribution in [3.05, 3.63) is 23.8 Å². The molecule has 1 rings (SSSR count). The second-order valence-electron chi connectivity index (χ2n) is 5.76. The maximum Gasteiger partial charge on any atom is 0.538 e. The topological polar surface area (TPSA) is 159 Å². The fourth-order valence-corrected chi connectivity index (χ4v) is 4.53. The number of terminal acetylenes is 1. The summed E-state index contributed by atoms with van der Waals surface area (Å²) < 4.78 is 55.3. The molecule has 1 amide bonds. The number of carbonyl (C=O) groups excluding carboxylic acids is 1. The summed E-state index contributed by atoms with van der Waals surface area (Å²) in [6.07, 6.45) is 5.47.